The fourth-order valence-electron chi connectivity index (χ4n) is 3.18. The van der Waals surface area contributed by atoms with Crippen LogP contribution in [0.25, 0.3) is 0 Å². The van der Waals surface area contributed by atoms with Crippen molar-refractivity contribution < 1.29 is 13.2 Å². The summed E-state index contributed by atoms with van der Waals surface area (Å²) < 4.78 is 28.0. The lowest BCUT2D eigenvalue weighted by molar-refractivity contribution is 0.0993. The number of carbonyl (C=O) groups is 1. The number of hydrogen-bond donors (Lipinski definition) is 1. The summed E-state index contributed by atoms with van der Waals surface area (Å²) in [4.78, 5) is 15.3. The summed E-state index contributed by atoms with van der Waals surface area (Å²) in [6.07, 6.45) is 0.761. The van der Waals surface area contributed by atoms with Crippen LogP contribution in [-0.4, -0.2) is 20.9 Å². The molecule has 1 aliphatic rings. The molecule has 27 heavy (non-hydrogen) atoms. The zero-order valence-electron chi connectivity index (χ0n) is 14.7. The van der Waals surface area contributed by atoms with Gasteiger partial charge in [-0.25, -0.2) is 8.42 Å². The molecule has 2 aromatic carbocycles. The first-order valence-corrected chi connectivity index (χ1v) is 10.9. The maximum atomic E-state index is 12.7. The Kier molecular flexibility index (Phi) is 4.49. The number of aryl methyl sites for hydroxylation is 1. The Bertz CT molecular complexity index is 1110. The third-order valence-corrected chi connectivity index (χ3v) is 6.75. The Morgan fingerprint density at radius 3 is 2.70 bits per heavy atom. The van der Waals surface area contributed by atoms with Crippen LogP contribution in [0.5, 0.6) is 0 Å². The minimum atomic E-state index is -3.69. The quantitative estimate of drug-likeness (QED) is 0.721. The molecule has 0 fully saturated rings. The second-order valence-electron chi connectivity index (χ2n) is 6.45. The molecule has 0 unspecified atom stereocenters. The second kappa shape index (κ2) is 6.83. The largest absolute Gasteiger partial charge is 0.307 e. The average molecular weight is 399 g/mol. The maximum Gasteiger partial charge on any atom is 0.268 e. The minimum Gasteiger partial charge on any atom is -0.307 e. The van der Waals surface area contributed by atoms with Crippen molar-refractivity contribution in [1.82, 2.24) is 0 Å². The first kappa shape index (κ1) is 17.8. The Morgan fingerprint density at radius 1 is 1.11 bits per heavy atom. The first-order chi connectivity index (χ1) is 12.9. The Labute approximate surface area is 162 Å². The highest BCUT2D eigenvalue weighted by molar-refractivity contribution is 7.92. The van der Waals surface area contributed by atoms with Gasteiger partial charge in [-0.15, -0.1) is 11.3 Å². The number of anilines is 2. The lowest BCUT2D eigenvalue weighted by Crippen LogP contribution is -2.28. The third-order valence-electron chi connectivity index (χ3n) is 4.51. The molecule has 1 amide bonds. The SMILES string of the molecule is Cc1cccc(S(=O)(=O)Nc2ccc3c(c2)N(C(=O)c2cccs2)CC3)c1. The predicted octanol–water partition coefficient (Wildman–Crippen LogP) is 4.06. The van der Waals surface area contributed by atoms with E-state index in [0.717, 1.165) is 23.2 Å². The lowest BCUT2D eigenvalue weighted by Gasteiger charge is -2.17. The zero-order valence-corrected chi connectivity index (χ0v) is 16.3. The van der Waals surface area contributed by atoms with Crippen LogP contribution in [0.15, 0.2) is 64.9 Å². The number of amides is 1. The van der Waals surface area contributed by atoms with Gasteiger partial charge in [0, 0.05) is 12.2 Å². The molecular formula is C20H18N2O3S2. The molecule has 0 spiro atoms. The van der Waals surface area contributed by atoms with Gasteiger partial charge in [-0.3, -0.25) is 9.52 Å². The topological polar surface area (TPSA) is 66.5 Å². The number of rotatable bonds is 4. The normalized spacial score (nSPS) is 13.4. The van der Waals surface area contributed by atoms with Gasteiger partial charge in [0.1, 0.15) is 0 Å². The summed E-state index contributed by atoms with van der Waals surface area (Å²) in [6, 6.07) is 15.8. The van der Waals surface area contributed by atoms with Crippen LogP contribution in [0.1, 0.15) is 20.8 Å². The summed E-state index contributed by atoms with van der Waals surface area (Å²) in [5.41, 5.74) is 3.12. The average Bonchev–Trinajstić information content (AvgIpc) is 3.30. The summed E-state index contributed by atoms with van der Waals surface area (Å²) in [5.74, 6) is -0.0533. The smallest absolute Gasteiger partial charge is 0.268 e. The molecule has 0 radical (unpaired) electrons. The van der Waals surface area contributed by atoms with E-state index in [4.69, 9.17) is 0 Å². The van der Waals surface area contributed by atoms with Gasteiger partial charge < -0.3 is 4.90 Å². The summed E-state index contributed by atoms with van der Waals surface area (Å²) >= 11 is 1.40. The standard InChI is InChI=1S/C20H18N2O3S2/c1-14-4-2-5-17(12-14)27(24,25)21-16-8-7-15-9-10-22(18(15)13-16)20(23)19-6-3-11-26-19/h2-8,11-13,21H,9-10H2,1H3. The fourth-order valence-corrected chi connectivity index (χ4v) is 5.01. The Hall–Kier alpha value is -2.64. The monoisotopic (exact) mass is 398 g/mol. The van der Waals surface area contributed by atoms with Gasteiger partial charge >= 0.3 is 0 Å². The molecule has 138 valence electrons. The molecule has 0 saturated carbocycles. The number of thiophene rings is 1. The molecule has 1 N–H and O–H groups in total. The number of hydrogen-bond acceptors (Lipinski definition) is 4. The molecule has 7 heteroatoms. The van der Waals surface area contributed by atoms with E-state index in [0.29, 0.717) is 17.1 Å². The van der Waals surface area contributed by atoms with Crippen LogP contribution in [0.3, 0.4) is 0 Å². The molecule has 3 aromatic rings. The van der Waals surface area contributed by atoms with Crippen LogP contribution in [0, 0.1) is 6.92 Å². The Balaban J connectivity index is 1.63. The number of fused-ring (bicyclic) bond motifs is 1. The fraction of sp³-hybridized carbons (Fsp3) is 0.150. The number of benzene rings is 2. The van der Waals surface area contributed by atoms with Crippen molar-refractivity contribution in [3.63, 3.8) is 0 Å². The van der Waals surface area contributed by atoms with Crippen LogP contribution in [0.4, 0.5) is 11.4 Å². The highest BCUT2D eigenvalue weighted by atomic mass is 32.2. The minimum absolute atomic E-state index is 0.0533. The van der Waals surface area contributed by atoms with E-state index in [2.05, 4.69) is 4.72 Å². The van der Waals surface area contributed by atoms with Gasteiger partial charge in [-0.05, 0) is 60.2 Å². The number of carbonyl (C=O) groups excluding carboxylic acids is 1. The number of nitrogens with zero attached hydrogens (tertiary/aromatic N) is 1. The van der Waals surface area contributed by atoms with Gasteiger partial charge in [0.15, 0.2) is 0 Å². The molecule has 0 bridgehead atoms. The van der Waals surface area contributed by atoms with E-state index in [1.807, 2.05) is 30.5 Å². The van der Waals surface area contributed by atoms with Crippen molar-refractivity contribution in [3.05, 3.63) is 76.0 Å². The van der Waals surface area contributed by atoms with E-state index < -0.39 is 10.0 Å². The summed E-state index contributed by atoms with van der Waals surface area (Å²) in [5, 5.41) is 1.87. The van der Waals surface area contributed by atoms with Crippen LogP contribution in [-0.2, 0) is 16.4 Å². The lowest BCUT2D eigenvalue weighted by atomic mass is 10.1. The van der Waals surface area contributed by atoms with Crippen molar-refractivity contribution in [1.29, 1.82) is 0 Å². The molecule has 0 aliphatic carbocycles. The Morgan fingerprint density at radius 2 is 1.96 bits per heavy atom. The van der Waals surface area contributed by atoms with Crippen molar-refractivity contribution in [2.45, 2.75) is 18.2 Å². The molecular weight excluding hydrogens is 380 g/mol. The molecule has 0 saturated heterocycles. The van der Waals surface area contributed by atoms with Gasteiger partial charge in [-0.1, -0.05) is 24.3 Å². The number of sulfonamides is 1. The van der Waals surface area contributed by atoms with Crippen molar-refractivity contribution >= 4 is 38.6 Å². The molecule has 4 rings (SSSR count). The van der Waals surface area contributed by atoms with Gasteiger partial charge in [0.2, 0.25) is 0 Å². The van der Waals surface area contributed by atoms with Gasteiger partial charge in [0.05, 0.1) is 15.5 Å². The van der Waals surface area contributed by atoms with Gasteiger partial charge in [-0.2, -0.15) is 0 Å². The highest BCUT2D eigenvalue weighted by Crippen LogP contribution is 2.33. The number of nitrogens with one attached hydrogen (secondary N) is 1. The molecule has 1 aliphatic heterocycles. The summed E-state index contributed by atoms with van der Waals surface area (Å²) in [6.45, 7) is 2.45. The molecule has 1 aromatic heterocycles. The van der Waals surface area contributed by atoms with Gasteiger partial charge in [0.25, 0.3) is 15.9 Å². The highest BCUT2D eigenvalue weighted by Gasteiger charge is 2.27. The van der Waals surface area contributed by atoms with Crippen LogP contribution in [0.2, 0.25) is 0 Å². The van der Waals surface area contributed by atoms with Crippen LogP contribution < -0.4 is 9.62 Å². The van der Waals surface area contributed by atoms with E-state index in [9.17, 15) is 13.2 Å². The summed E-state index contributed by atoms with van der Waals surface area (Å²) in [7, 11) is -3.69. The molecule has 0 atom stereocenters. The van der Waals surface area contributed by atoms with Crippen LogP contribution >= 0.6 is 11.3 Å². The first-order valence-electron chi connectivity index (χ1n) is 8.52. The van der Waals surface area contributed by atoms with Crippen molar-refractivity contribution in [2.75, 3.05) is 16.2 Å². The van der Waals surface area contributed by atoms with Crippen molar-refractivity contribution in [3.8, 4) is 0 Å². The van der Waals surface area contributed by atoms with E-state index in [-0.39, 0.29) is 10.8 Å². The third kappa shape index (κ3) is 3.48. The second-order valence-corrected chi connectivity index (χ2v) is 9.08. The van der Waals surface area contributed by atoms with E-state index >= 15 is 0 Å². The van der Waals surface area contributed by atoms with E-state index in [1.54, 1.807) is 41.3 Å². The van der Waals surface area contributed by atoms with E-state index in [1.165, 1.54) is 11.3 Å². The molecule has 5 nitrogen and oxygen atoms in total. The molecule has 2 heterocycles. The predicted molar refractivity (Wildman–Crippen MR) is 108 cm³/mol. The zero-order chi connectivity index (χ0) is 19.0. The maximum absolute atomic E-state index is 12.7. The van der Waals surface area contributed by atoms with Crippen molar-refractivity contribution in [2.24, 2.45) is 0 Å².